The molecule has 0 heterocycles. The van der Waals surface area contributed by atoms with Gasteiger partial charge in [0, 0.05) is 4.47 Å². The van der Waals surface area contributed by atoms with Crippen LogP contribution in [0.4, 0.5) is 0 Å². The molecule has 0 saturated heterocycles. The van der Waals surface area contributed by atoms with Crippen LogP contribution in [0.15, 0.2) is 16.6 Å². The fourth-order valence-corrected chi connectivity index (χ4v) is 2.11. The first kappa shape index (κ1) is 12.5. The molecular formula is C11H12BrClO2. The summed E-state index contributed by atoms with van der Waals surface area (Å²) >= 11 is 9.35. The molecule has 1 rings (SSSR count). The Kier molecular flexibility index (Phi) is 4.17. The molecule has 0 aliphatic rings. The fraction of sp³-hybridized carbons (Fsp3) is 0.364. The smallest absolute Gasteiger partial charge is 0.169 e. The maximum Gasteiger partial charge on any atom is 0.169 e. The van der Waals surface area contributed by atoms with Crippen LogP contribution in [0.1, 0.15) is 19.4 Å². The summed E-state index contributed by atoms with van der Waals surface area (Å²) < 4.78 is 6.39. The second-order valence-electron chi connectivity index (χ2n) is 3.40. The van der Waals surface area contributed by atoms with Gasteiger partial charge in [-0.25, -0.2) is 0 Å². The molecule has 0 aromatic heterocycles. The first-order chi connectivity index (χ1) is 6.91. The van der Waals surface area contributed by atoms with Crippen LogP contribution in [0.2, 0.25) is 5.02 Å². The van der Waals surface area contributed by atoms with Gasteiger partial charge in [0.2, 0.25) is 0 Å². The topological polar surface area (TPSA) is 26.3 Å². The van der Waals surface area contributed by atoms with Crippen molar-refractivity contribution in [3.63, 3.8) is 0 Å². The van der Waals surface area contributed by atoms with Crippen molar-refractivity contribution >= 4 is 33.3 Å². The maximum absolute atomic E-state index is 11.1. The summed E-state index contributed by atoms with van der Waals surface area (Å²) in [6, 6.07) is 3.64. The van der Waals surface area contributed by atoms with E-state index in [1.54, 1.807) is 13.0 Å². The molecule has 15 heavy (non-hydrogen) atoms. The number of carbonyl (C=O) groups excluding carboxylic acids is 1. The Morgan fingerprint density at radius 1 is 1.53 bits per heavy atom. The number of aryl methyl sites for hydroxylation is 1. The van der Waals surface area contributed by atoms with Gasteiger partial charge < -0.3 is 4.74 Å². The predicted molar refractivity (Wildman–Crippen MR) is 64.7 cm³/mol. The zero-order valence-corrected chi connectivity index (χ0v) is 11.1. The highest BCUT2D eigenvalue weighted by atomic mass is 79.9. The van der Waals surface area contributed by atoms with E-state index < -0.39 is 6.10 Å². The number of hydrogen-bond acceptors (Lipinski definition) is 2. The number of carbonyl (C=O) groups is 1. The number of hydrogen-bond donors (Lipinski definition) is 0. The second kappa shape index (κ2) is 4.99. The molecule has 0 N–H and O–H groups in total. The third kappa shape index (κ3) is 3.21. The first-order valence-corrected chi connectivity index (χ1v) is 5.71. The monoisotopic (exact) mass is 290 g/mol. The highest BCUT2D eigenvalue weighted by molar-refractivity contribution is 9.10. The number of benzene rings is 1. The van der Waals surface area contributed by atoms with Crippen molar-refractivity contribution in [2.75, 3.05) is 0 Å². The van der Waals surface area contributed by atoms with Gasteiger partial charge in [0.1, 0.15) is 5.75 Å². The number of ether oxygens (including phenoxy) is 1. The third-order valence-corrected chi connectivity index (χ3v) is 2.80. The number of rotatable bonds is 3. The average molecular weight is 292 g/mol. The molecule has 1 unspecified atom stereocenters. The minimum absolute atomic E-state index is 0.0200. The third-order valence-electron chi connectivity index (χ3n) is 2.06. The van der Waals surface area contributed by atoms with Crippen molar-refractivity contribution in [3.05, 3.63) is 27.2 Å². The highest BCUT2D eigenvalue weighted by Crippen LogP contribution is 2.32. The molecule has 2 nitrogen and oxygen atoms in total. The molecule has 0 aliphatic heterocycles. The van der Waals surface area contributed by atoms with Gasteiger partial charge in [0.05, 0.1) is 5.02 Å². The van der Waals surface area contributed by atoms with E-state index in [2.05, 4.69) is 15.9 Å². The average Bonchev–Trinajstić information content (AvgIpc) is 2.10. The molecular weight excluding hydrogens is 279 g/mol. The van der Waals surface area contributed by atoms with Crippen LogP contribution in [-0.4, -0.2) is 11.9 Å². The van der Waals surface area contributed by atoms with Crippen LogP contribution in [0.3, 0.4) is 0 Å². The first-order valence-electron chi connectivity index (χ1n) is 4.54. The van der Waals surface area contributed by atoms with Crippen LogP contribution in [-0.2, 0) is 4.79 Å². The quantitative estimate of drug-likeness (QED) is 0.847. The highest BCUT2D eigenvalue weighted by Gasteiger charge is 2.14. The zero-order chi connectivity index (χ0) is 11.6. The molecule has 0 aliphatic carbocycles. The Bertz CT molecular complexity index is 367. The van der Waals surface area contributed by atoms with Crippen LogP contribution in [0.25, 0.3) is 0 Å². The van der Waals surface area contributed by atoms with E-state index in [9.17, 15) is 4.79 Å². The molecule has 4 heteroatoms. The van der Waals surface area contributed by atoms with Crippen molar-refractivity contribution in [2.45, 2.75) is 26.9 Å². The summed E-state index contributed by atoms with van der Waals surface area (Å²) in [5.41, 5.74) is 0.905. The molecule has 1 atom stereocenters. The van der Waals surface area contributed by atoms with Gasteiger partial charge in [0.15, 0.2) is 11.9 Å². The van der Waals surface area contributed by atoms with Gasteiger partial charge in [-0.1, -0.05) is 27.5 Å². The summed E-state index contributed by atoms with van der Waals surface area (Å²) in [7, 11) is 0. The standard InChI is InChI=1S/C11H12BrClO2/c1-6-4-9(12)5-10(13)11(6)15-8(3)7(2)14/h4-5,8H,1-3H3. The molecule has 0 radical (unpaired) electrons. The molecule has 82 valence electrons. The Labute approximate surface area is 103 Å². The van der Waals surface area contributed by atoms with Crippen molar-refractivity contribution in [3.8, 4) is 5.75 Å². The lowest BCUT2D eigenvalue weighted by Crippen LogP contribution is -2.21. The van der Waals surface area contributed by atoms with Gasteiger partial charge in [-0.15, -0.1) is 0 Å². The van der Waals surface area contributed by atoms with Gasteiger partial charge >= 0.3 is 0 Å². The van der Waals surface area contributed by atoms with Gasteiger partial charge in [0.25, 0.3) is 0 Å². The van der Waals surface area contributed by atoms with Crippen molar-refractivity contribution in [1.29, 1.82) is 0 Å². The number of ketones is 1. The van der Waals surface area contributed by atoms with E-state index in [0.29, 0.717) is 10.8 Å². The summed E-state index contributed by atoms with van der Waals surface area (Å²) in [5, 5.41) is 0.509. The fourth-order valence-electron chi connectivity index (χ4n) is 1.10. The van der Waals surface area contributed by atoms with E-state index in [1.165, 1.54) is 6.92 Å². The predicted octanol–water partition coefficient (Wildman–Crippen LogP) is 3.77. The van der Waals surface area contributed by atoms with Crippen LogP contribution >= 0.6 is 27.5 Å². The second-order valence-corrected chi connectivity index (χ2v) is 4.73. The van der Waals surface area contributed by atoms with Crippen LogP contribution < -0.4 is 4.74 Å². The van der Waals surface area contributed by atoms with Crippen molar-refractivity contribution in [2.24, 2.45) is 0 Å². The minimum atomic E-state index is -0.470. The van der Waals surface area contributed by atoms with Gasteiger partial charge in [-0.2, -0.15) is 0 Å². The van der Waals surface area contributed by atoms with E-state index in [0.717, 1.165) is 10.0 Å². The molecule has 0 bridgehead atoms. The number of halogens is 2. The Hall–Kier alpha value is -0.540. The Morgan fingerprint density at radius 3 is 2.60 bits per heavy atom. The summed E-state index contributed by atoms with van der Waals surface area (Å²) in [5.74, 6) is 0.552. The lowest BCUT2D eigenvalue weighted by Gasteiger charge is -2.15. The van der Waals surface area contributed by atoms with Crippen molar-refractivity contribution < 1.29 is 9.53 Å². The van der Waals surface area contributed by atoms with Crippen LogP contribution in [0.5, 0.6) is 5.75 Å². The SMILES string of the molecule is CC(=O)C(C)Oc1c(C)cc(Br)cc1Cl. The molecule has 1 aromatic carbocycles. The lowest BCUT2D eigenvalue weighted by molar-refractivity contribution is -0.122. The van der Waals surface area contributed by atoms with E-state index in [-0.39, 0.29) is 5.78 Å². The van der Waals surface area contributed by atoms with Crippen molar-refractivity contribution in [1.82, 2.24) is 0 Å². The largest absolute Gasteiger partial charge is 0.481 e. The van der Waals surface area contributed by atoms with Gasteiger partial charge in [-0.3, -0.25) is 4.79 Å². The van der Waals surface area contributed by atoms with E-state index in [4.69, 9.17) is 16.3 Å². The summed E-state index contributed by atoms with van der Waals surface area (Å²) in [6.45, 7) is 5.09. The minimum Gasteiger partial charge on any atom is -0.481 e. The molecule has 0 saturated carbocycles. The molecule has 1 aromatic rings. The summed E-state index contributed by atoms with van der Waals surface area (Å²) in [6.07, 6.45) is -0.470. The van der Waals surface area contributed by atoms with E-state index >= 15 is 0 Å². The molecule has 0 spiro atoms. The Morgan fingerprint density at radius 2 is 2.13 bits per heavy atom. The lowest BCUT2D eigenvalue weighted by atomic mass is 10.2. The van der Waals surface area contributed by atoms with Gasteiger partial charge in [-0.05, 0) is 38.5 Å². The number of Topliss-reactive ketones (excluding diaryl/α,β-unsaturated/α-hetero) is 1. The van der Waals surface area contributed by atoms with Crippen LogP contribution in [0, 0.1) is 6.92 Å². The maximum atomic E-state index is 11.1. The normalized spacial score (nSPS) is 12.3. The van der Waals surface area contributed by atoms with E-state index in [1.807, 2.05) is 13.0 Å². The molecule has 0 amide bonds. The Balaban J connectivity index is 3.00. The zero-order valence-electron chi connectivity index (χ0n) is 8.80. The molecule has 0 fully saturated rings. The summed E-state index contributed by atoms with van der Waals surface area (Å²) in [4.78, 5) is 11.1.